The van der Waals surface area contributed by atoms with Crippen molar-refractivity contribution in [2.75, 3.05) is 37.8 Å². The van der Waals surface area contributed by atoms with E-state index in [1.165, 1.54) is 13.8 Å². The van der Waals surface area contributed by atoms with Gasteiger partial charge in [-0.05, 0) is 6.42 Å². The number of nitrogen functional groups attached to an aromatic ring is 1. The number of anilines is 1. The van der Waals surface area contributed by atoms with E-state index in [0.717, 1.165) is 48.2 Å². The predicted molar refractivity (Wildman–Crippen MR) is 203 cm³/mol. The minimum atomic E-state index is -5.89. The highest BCUT2D eigenvalue weighted by Crippen LogP contribution is 2.56. The van der Waals surface area contributed by atoms with Crippen molar-refractivity contribution in [2.24, 2.45) is 5.41 Å². The lowest BCUT2D eigenvalue weighted by Gasteiger charge is -2.35. The summed E-state index contributed by atoms with van der Waals surface area (Å²) < 4.78 is 60.8. The van der Waals surface area contributed by atoms with Crippen LogP contribution < -0.4 is 49.5 Å². The molecule has 2 amide bonds. The molecule has 19 N–H and O–H groups in total. The van der Waals surface area contributed by atoms with Crippen LogP contribution >= 0.6 is 35.2 Å². The van der Waals surface area contributed by atoms with E-state index in [1.54, 1.807) is 0 Å². The van der Waals surface area contributed by atoms with Crippen LogP contribution in [0.15, 0.2) is 12.7 Å². The summed E-state index contributed by atoms with van der Waals surface area (Å²) in [6.07, 6.45) is -4.13. The van der Waals surface area contributed by atoms with Gasteiger partial charge < -0.3 is 82.9 Å². The smallest absolute Gasteiger partial charge is 0.274 e. The monoisotopic (exact) mass is 916 g/mol. The molecule has 1 fully saturated rings. The topological polar surface area (TPSA) is 482 Å². The number of hydrogen-bond acceptors (Lipinski definition) is 21. The van der Waals surface area contributed by atoms with E-state index < -0.39 is 84.6 Å². The number of phosphoric ester groups is 3. The van der Waals surface area contributed by atoms with Crippen LogP contribution in [0, 0.1) is 5.41 Å². The number of quaternary nitrogens is 3. The third-order valence-corrected chi connectivity index (χ3v) is 11.7. The minimum Gasteiger partial charge on any atom is -0.756 e. The van der Waals surface area contributed by atoms with Crippen LogP contribution in [0.4, 0.5) is 5.82 Å². The van der Waals surface area contributed by atoms with Gasteiger partial charge in [-0.2, -0.15) is 0 Å². The van der Waals surface area contributed by atoms with E-state index in [4.69, 9.17) is 10.5 Å². The quantitative estimate of drug-likeness (QED) is 0.0500. The molecule has 2 aromatic heterocycles. The van der Waals surface area contributed by atoms with Gasteiger partial charge in [-0.3, -0.25) is 32.6 Å². The number of aliphatic hydroxyl groups is 2. The fraction of sp³-hybridized carbons (Fsp3) is 0.704. The summed E-state index contributed by atoms with van der Waals surface area (Å²) in [4.78, 5) is 93.7. The Labute approximate surface area is 337 Å². The number of phosphoric acid groups is 3. The average molecular weight is 917 g/mol. The van der Waals surface area contributed by atoms with E-state index in [1.807, 2.05) is 6.92 Å². The SMILES string of the molecule is CCCCCC(=O)SCCNC(=O)CCNC(=O)[C@H](O)C(C)(C)COP(=O)([O-])OP(=O)([O-])OC[C@H]1O[C@@H](n2cnc3c(N)ncnc32)[C@H](O)[C@@H]1OP(=O)([O-])O.[NH4+].[NH4+].[NH4+]. The van der Waals surface area contributed by atoms with Crippen LogP contribution in [0.5, 0.6) is 0 Å². The van der Waals surface area contributed by atoms with Gasteiger partial charge in [-0.15, -0.1) is 0 Å². The lowest BCUT2D eigenvalue weighted by molar-refractivity contribution is -0.247. The van der Waals surface area contributed by atoms with Crippen molar-refractivity contribution in [1.82, 2.24) is 48.6 Å². The number of aliphatic hydroxyl groups excluding tert-OH is 2. The number of imidazole rings is 1. The number of nitrogens with zero attached hydrogens (tertiary/aromatic N) is 4. The number of thioether (sulfide) groups is 1. The van der Waals surface area contributed by atoms with Gasteiger partial charge in [0.05, 0.1) is 19.5 Å². The summed E-state index contributed by atoms with van der Waals surface area (Å²) in [7, 11) is -17.3. The maximum Gasteiger partial charge on any atom is 0.274 e. The maximum absolute atomic E-state index is 12.5. The molecule has 0 spiro atoms. The van der Waals surface area contributed by atoms with Crippen molar-refractivity contribution in [3.05, 3.63) is 12.7 Å². The Morgan fingerprint density at radius 3 is 2.33 bits per heavy atom. The van der Waals surface area contributed by atoms with E-state index in [-0.39, 0.29) is 60.1 Å². The zero-order valence-corrected chi connectivity index (χ0v) is 36.3. The summed E-state index contributed by atoms with van der Waals surface area (Å²) in [5, 5.41) is 26.3. The van der Waals surface area contributed by atoms with Crippen LogP contribution in [0.3, 0.4) is 0 Å². The van der Waals surface area contributed by atoms with Gasteiger partial charge in [0.2, 0.25) is 11.8 Å². The first kappa shape index (κ1) is 55.4. The number of nitrogens with two attached hydrogens (primary N) is 1. The molecule has 0 radical (unpaired) electrons. The van der Waals surface area contributed by atoms with E-state index >= 15 is 0 Å². The molecule has 1 aliphatic rings. The van der Waals surface area contributed by atoms with Crippen molar-refractivity contribution in [3.63, 3.8) is 0 Å². The number of hydrogen-bond donors (Lipinski definition) is 9. The molecule has 27 nitrogen and oxygen atoms in total. The third kappa shape index (κ3) is 17.2. The van der Waals surface area contributed by atoms with Crippen LogP contribution in [-0.4, -0.2) is 108 Å². The summed E-state index contributed by atoms with van der Waals surface area (Å²) in [5.41, 5.74) is 4.12. The molecular weight excluding hydrogens is 861 g/mol. The van der Waals surface area contributed by atoms with E-state index in [2.05, 4.69) is 43.5 Å². The van der Waals surface area contributed by atoms with Gasteiger partial charge >= 0.3 is 0 Å². The van der Waals surface area contributed by atoms with Gasteiger partial charge in [0.1, 0.15) is 36.3 Å². The number of unbranched alkanes of at least 4 members (excludes halogenated alkanes) is 2. The minimum absolute atomic E-state index is 0. The normalized spacial score (nSPS) is 21.5. The molecule has 8 atom stereocenters. The fourth-order valence-electron chi connectivity index (χ4n) is 4.87. The van der Waals surface area contributed by atoms with Crippen LogP contribution in [0.25, 0.3) is 11.2 Å². The second-order valence-corrected chi connectivity index (χ2v) is 17.9. The van der Waals surface area contributed by atoms with Crippen molar-refractivity contribution in [2.45, 2.75) is 83.5 Å². The Hall–Kier alpha value is -2.56. The average Bonchev–Trinajstić information content (AvgIpc) is 3.64. The molecule has 58 heavy (non-hydrogen) atoms. The summed E-state index contributed by atoms with van der Waals surface area (Å²) in [6, 6.07) is 0. The Morgan fingerprint density at radius 2 is 1.69 bits per heavy atom. The van der Waals surface area contributed by atoms with Gasteiger partial charge in [0.15, 0.2) is 22.8 Å². The number of aromatic nitrogens is 4. The highest BCUT2D eigenvalue weighted by Gasteiger charge is 2.48. The number of carbonyl (C=O) groups excluding carboxylic acids is 3. The Balaban J connectivity index is 0.0000108. The van der Waals surface area contributed by atoms with Crippen molar-refractivity contribution >= 4 is 69.1 Å². The molecule has 336 valence electrons. The van der Waals surface area contributed by atoms with Crippen molar-refractivity contribution < 1.29 is 80.5 Å². The highest BCUT2D eigenvalue weighted by atomic mass is 32.2. The molecule has 3 heterocycles. The molecule has 1 aliphatic heterocycles. The third-order valence-electron chi connectivity index (χ3n) is 7.73. The molecule has 0 aliphatic carbocycles. The molecule has 3 unspecified atom stereocenters. The van der Waals surface area contributed by atoms with Crippen molar-refractivity contribution in [3.8, 4) is 0 Å². The molecule has 1 saturated heterocycles. The first-order valence-corrected chi connectivity index (χ1v) is 22.0. The number of carbonyl (C=O) groups is 3. The molecule has 31 heteroatoms. The second kappa shape index (κ2) is 24.0. The zero-order valence-electron chi connectivity index (χ0n) is 32.8. The lowest BCUT2D eigenvalue weighted by atomic mass is 9.87. The molecule has 3 rings (SSSR count). The second-order valence-electron chi connectivity index (χ2n) is 12.7. The summed E-state index contributed by atoms with van der Waals surface area (Å²) in [5.74, 6) is -1.13. The first-order chi connectivity index (χ1) is 25.6. The lowest BCUT2D eigenvalue weighted by Crippen LogP contribution is -2.46. The number of ether oxygens (including phenoxy) is 1. The number of fused-ring (bicyclic) bond motifs is 1. The number of rotatable bonds is 23. The van der Waals surface area contributed by atoms with Gasteiger partial charge in [0.25, 0.3) is 23.5 Å². The predicted octanol–water partition coefficient (Wildman–Crippen LogP) is -0.522. The molecule has 0 bridgehead atoms. The Kier molecular flexibility index (Phi) is 23.0. The first-order valence-electron chi connectivity index (χ1n) is 16.5. The van der Waals surface area contributed by atoms with E-state index in [0.29, 0.717) is 12.2 Å². The fourth-order valence-corrected chi connectivity index (χ4v) is 8.33. The van der Waals surface area contributed by atoms with Crippen LogP contribution in [-0.2, 0) is 50.7 Å². The zero-order chi connectivity index (χ0) is 41.2. The molecule has 0 saturated carbocycles. The van der Waals surface area contributed by atoms with Crippen LogP contribution in [0.1, 0.15) is 59.1 Å². The van der Waals surface area contributed by atoms with Gasteiger partial charge in [0, 0.05) is 37.1 Å². The highest BCUT2D eigenvalue weighted by molar-refractivity contribution is 8.13. The maximum atomic E-state index is 12.5. The van der Waals surface area contributed by atoms with Gasteiger partial charge in [-0.25, -0.2) is 19.3 Å². The van der Waals surface area contributed by atoms with E-state index in [9.17, 15) is 57.9 Å². The standard InChI is InChI=1S/C27H46N7O17P3S.3H3N/c1-4-5-6-7-18(36)55-11-10-29-17(35)8-9-30-25(39)22(38)27(2,3)13-48-54(45,46)51-53(43,44)47-12-16-21(50-52(40,41)42)20(37)26(49-16)34-15-33-19-23(28)31-14-32-24(19)34;;;/h14-16,20-22,26,37-38H,4-13H2,1-3H3,(H,29,35)(H,30,39)(H,43,44)(H,45,46)(H2,28,31,32)(H2,40,41,42);3*1H3/t16-,20-,21-,22+,26-;;;/m1.../s1. The summed E-state index contributed by atoms with van der Waals surface area (Å²) in [6.45, 7) is 2.23. The Morgan fingerprint density at radius 1 is 1.03 bits per heavy atom. The Bertz CT molecular complexity index is 1790. The van der Waals surface area contributed by atoms with Gasteiger partial charge in [-0.1, -0.05) is 45.4 Å². The molecule has 0 aromatic carbocycles. The summed E-state index contributed by atoms with van der Waals surface area (Å²) >= 11 is 1.11. The van der Waals surface area contributed by atoms with Crippen LogP contribution in [0.2, 0.25) is 0 Å². The number of nitrogens with one attached hydrogen (secondary N) is 2. The molecular formula is C27H55N10O17P3S. The number of amides is 2. The largest absolute Gasteiger partial charge is 0.756 e. The molecule has 2 aromatic rings. The van der Waals surface area contributed by atoms with Crippen molar-refractivity contribution in [1.29, 1.82) is 0 Å².